The Morgan fingerprint density at radius 3 is 2.55 bits per heavy atom. The first-order chi connectivity index (χ1) is 15.9. The molecule has 0 unspecified atom stereocenters. The Labute approximate surface area is 206 Å². The van der Waals surface area contributed by atoms with Crippen molar-refractivity contribution >= 4 is 35.0 Å². The van der Waals surface area contributed by atoms with Gasteiger partial charge in [-0.1, -0.05) is 67.6 Å². The van der Waals surface area contributed by atoms with E-state index in [4.69, 9.17) is 27.9 Å². The highest BCUT2D eigenvalue weighted by molar-refractivity contribution is 6.35. The van der Waals surface area contributed by atoms with Crippen LogP contribution in [0.4, 0.5) is 0 Å². The molecule has 1 atom stereocenters. The number of halogens is 2. The van der Waals surface area contributed by atoms with Crippen molar-refractivity contribution in [3.8, 4) is 5.75 Å². The van der Waals surface area contributed by atoms with Crippen LogP contribution in [0.25, 0.3) is 0 Å². The van der Waals surface area contributed by atoms with E-state index in [9.17, 15) is 9.59 Å². The van der Waals surface area contributed by atoms with Gasteiger partial charge in [-0.3, -0.25) is 9.59 Å². The summed E-state index contributed by atoms with van der Waals surface area (Å²) >= 11 is 12.4. The number of nitrogens with one attached hydrogen (secondary N) is 1. The number of nitrogens with zero attached hydrogens (tertiary/aromatic N) is 1. The van der Waals surface area contributed by atoms with Gasteiger partial charge in [-0.2, -0.15) is 0 Å². The average Bonchev–Trinajstić information content (AvgIpc) is 2.79. The molecule has 2 amide bonds. The molecule has 0 spiro atoms. The van der Waals surface area contributed by atoms with Crippen LogP contribution in [0.5, 0.6) is 5.75 Å². The van der Waals surface area contributed by atoms with Crippen LogP contribution in [-0.4, -0.2) is 35.4 Å². The highest BCUT2D eigenvalue weighted by Crippen LogP contribution is 2.24. The van der Waals surface area contributed by atoms with Crippen LogP contribution in [0, 0.1) is 6.92 Å². The summed E-state index contributed by atoms with van der Waals surface area (Å²) in [5, 5.41) is 4.15. The highest BCUT2D eigenvalue weighted by Gasteiger charge is 2.31. The van der Waals surface area contributed by atoms with Crippen molar-refractivity contribution in [1.29, 1.82) is 0 Å². The number of hydrogen-bond acceptors (Lipinski definition) is 3. The Kier molecular flexibility index (Phi) is 9.45. The summed E-state index contributed by atoms with van der Waals surface area (Å²) in [6, 6.07) is 12.3. The first-order valence-electron chi connectivity index (χ1n) is 11.6. The quantitative estimate of drug-likeness (QED) is 0.473. The molecule has 0 bridgehead atoms. The second-order valence-corrected chi connectivity index (χ2v) is 9.47. The van der Waals surface area contributed by atoms with E-state index in [1.165, 1.54) is 6.42 Å². The largest absolute Gasteiger partial charge is 0.484 e. The first kappa shape index (κ1) is 25.4. The lowest BCUT2D eigenvalue weighted by Crippen LogP contribution is -2.52. The molecule has 0 aliphatic heterocycles. The number of ether oxygens (including phenoxy) is 1. The maximum Gasteiger partial charge on any atom is 0.261 e. The molecule has 0 saturated heterocycles. The lowest BCUT2D eigenvalue weighted by molar-refractivity contribution is -0.143. The zero-order valence-corrected chi connectivity index (χ0v) is 20.8. The summed E-state index contributed by atoms with van der Waals surface area (Å²) in [5.74, 6) is 0.221. The van der Waals surface area contributed by atoms with Crippen LogP contribution in [-0.2, 0) is 16.1 Å². The predicted molar refractivity (Wildman–Crippen MR) is 133 cm³/mol. The molecule has 33 heavy (non-hydrogen) atoms. The third-order valence-corrected chi connectivity index (χ3v) is 6.63. The molecule has 0 heterocycles. The first-order valence-corrected chi connectivity index (χ1v) is 12.4. The molecular formula is C26H32Cl2N2O3. The number of benzene rings is 2. The molecule has 1 fully saturated rings. The molecule has 3 rings (SSSR count). The van der Waals surface area contributed by atoms with Crippen molar-refractivity contribution in [1.82, 2.24) is 10.2 Å². The van der Waals surface area contributed by atoms with E-state index in [0.29, 0.717) is 22.2 Å². The number of hydrogen-bond donors (Lipinski definition) is 1. The van der Waals surface area contributed by atoms with Gasteiger partial charge in [-0.15, -0.1) is 0 Å². The average molecular weight is 491 g/mol. The third kappa shape index (κ3) is 7.38. The van der Waals surface area contributed by atoms with Gasteiger partial charge in [0.1, 0.15) is 11.8 Å². The number of carbonyl (C=O) groups excluding carboxylic acids is 2. The molecule has 0 aromatic heterocycles. The zero-order chi connectivity index (χ0) is 23.8. The monoisotopic (exact) mass is 490 g/mol. The van der Waals surface area contributed by atoms with Gasteiger partial charge in [0.05, 0.1) is 0 Å². The van der Waals surface area contributed by atoms with Crippen molar-refractivity contribution in [2.45, 2.75) is 71.0 Å². The van der Waals surface area contributed by atoms with Gasteiger partial charge < -0.3 is 15.0 Å². The summed E-state index contributed by atoms with van der Waals surface area (Å²) in [5.41, 5.74) is 1.77. The smallest absolute Gasteiger partial charge is 0.261 e. The van der Waals surface area contributed by atoms with Crippen LogP contribution < -0.4 is 10.1 Å². The summed E-state index contributed by atoms with van der Waals surface area (Å²) < 4.78 is 5.76. The Balaban J connectivity index is 1.78. The third-order valence-electron chi connectivity index (χ3n) is 6.05. The summed E-state index contributed by atoms with van der Waals surface area (Å²) in [6.45, 7) is 3.91. The fourth-order valence-electron chi connectivity index (χ4n) is 4.23. The summed E-state index contributed by atoms with van der Waals surface area (Å²) in [7, 11) is 0. The highest BCUT2D eigenvalue weighted by atomic mass is 35.5. The topological polar surface area (TPSA) is 58.6 Å². The maximum atomic E-state index is 13.3. The molecule has 1 N–H and O–H groups in total. The van der Waals surface area contributed by atoms with Gasteiger partial charge in [-0.25, -0.2) is 0 Å². The van der Waals surface area contributed by atoms with Crippen molar-refractivity contribution in [3.05, 3.63) is 63.6 Å². The Morgan fingerprint density at radius 1 is 1.12 bits per heavy atom. The normalized spacial score (nSPS) is 15.0. The van der Waals surface area contributed by atoms with Gasteiger partial charge in [0.25, 0.3) is 5.91 Å². The standard InChI is InChI=1S/C26H32Cl2N2O3/c1-3-24(26(32)29-21-9-5-4-6-10-21)30(16-19-12-13-20(27)15-23(19)28)25(31)17-33-22-11-7-8-18(2)14-22/h7-8,11-15,21,24H,3-6,9-10,16-17H2,1-2H3,(H,29,32)/t24-/m1/s1. The second-order valence-electron chi connectivity index (χ2n) is 8.63. The number of aryl methyl sites for hydroxylation is 1. The lowest BCUT2D eigenvalue weighted by Gasteiger charge is -2.33. The van der Waals surface area contributed by atoms with Gasteiger partial charge in [0, 0.05) is 22.6 Å². The van der Waals surface area contributed by atoms with E-state index in [-0.39, 0.29) is 31.0 Å². The molecule has 1 aliphatic carbocycles. The molecule has 1 aliphatic rings. The molecule has 0 radical (unpaired) electrons. The molecule has 2 aromatic rings. The van der Waals surface area contributed by atoms with E-state index in [1.807, 2.05) is 38.1 Å². The minimum Gasteiger partial charge on any atom is -0.484 e. The van der Waals surface area contributed by atoms with Crippen molar-refractivity contribution in [2.75, 3.05) is 6.61 Å². The molecule has 5 nitrogen and oxygen atoms in total. The molecular weight excluding hydrogens is 459 g/mol. The SMILES string of the molecule is CC[C@H](C(=O)NC1CCCCC1)N(Cc1ccc(Cl)cc1Cl)C(=O)COc1cccc(C)c1. The molecule has 1 saturated carbocycles. The van der Waals surface area contributed by atoms with E-state index >= 15 is 0 Å². The molecule has 7 heteroatoms. The van der Waals surface area contributed by atoms with Gasteiger partial charge in [0.15, 0.2) is 6.61 Å². The number of amides is 2. The number of carbonyl (C=O) groups is 2. The van der Waals surface area contributed by atoms with Crippen molar-refractivity contribution in [3.63, 3.8) is 0 Å². The van der Waals surface area contributed by atoms with Crippen LogP contribution in [0.1, 0.15) is 56.6 Å². The molecule has 178 valence electrons. The lowest BCUT2D eigenvalue weighted by atomic mass is 9.95. The van der Waals surface area contributed by atoms with Crippen LogP contribution in [0.15, 0.2) is 42.5 Å². The fraction of sp³-hybridized carbons (Fsp3) is 0.462. The maximum absolute atomic E-state index is 13.3. The summed E-state index contributed by atoms with van der Waals surface area (Å²) in [6.07, 6.45) is 5.90. The summed E-state index contributed by atoms with van der Waals surface area (Å²) in [4.78, 5) is 28.1. The van der Waals surface area contributed by atoms with Crippen LogP contribution in [0.2, 0.25) is 10.0 Å². The van der Waals surface area contributed by atoms with E-state index < -0.39 is 6.04 Å². The van der Waals surface area contributed by atoms with Crippen LogP contribution >= 0.6 is 23.2 Å². The van der Waals surface area contributed by atoms with Crippen molar-refractivity contribution < 1.29 is 14.3 Å². The Morgan fingerprint density at radius 2 is 1.88 bits per heavy atom. The van der Waals surface area contributed by atoms with Crippen molar-refractivity contribution in [2.24, 2.45) is 0 Å². The number of rotatable bonds is 9. The van der Waals surface area contributed by atoms with Gasteiger partial charge >= 0.3 is 0 Å². The van der Waals surface area contributed by atoms with Gasteiger partial charge in [0.2, 0.25) is 5.91 Å². The Bertz CT molecular complexity index is 960. The molecule has 2 aromatic carbocycles. The predicted octanol–water partition coefficient (Wildman–Crippen LogP) is 5.94. The van der Waals surface area contributed by atoms with Gasteiger partial charge in [-0.05, 0) is 61.6 Å². The zero-order valence-electron chi connectivity index (χ0n) is 19.3. The minimum absolute atomic E-state index is 0.126. The van der Waals surface area contributed by atoms with E-state index in [1.54, 1.807) is 23.1 Å². The van der Waals surface area contributed by atoms with E-state index in [0.717, 1.165) is 36.8 Å². The second kappa shape index (κ2) is 12.3. The van der Waals surface area contributed by atoms with E-state index in [2.05, 4.69) is 5.32 Å². The fourth-order valence-corrected chi connectivity index (χ4v) is 4.70. The Hall–Kier alpha value is -2.24. The van der Waals surface area contributed by atoms with Crippen LogP contribution in [0.3, 0.4) is 0 Å². The minimum atomic E-state index is -0.618.